The molecule has 0 aromatic rings. The molecule has 0 unspecified atom stereocenters. The number of aliphatic hydroxyl groups excluding tert-OH is 2. The van der Waals surface area contributed by atoms with Gasteiger partial charge >= 0.3 is 0 Å². The van der Waals surface area contributed by atoms with Crippen LogP contribution >= 0.6 is 0 Å². The van der Waals surface area contributed by atoms with Gasteiger partial charge in [-0.05, 0) is 6.42 Å². The summed E-state index contributed by atoms with van der Waals surface area (Å²) in [5, 5.41) is 30.7. The number of hydrogen-bond acceptors (Lipinski definition) is 5. The van der Waals surface area contributed by atoms with Gasteiger partial charge in [-0.1, -0.05) is 71.1 Å². The summed E-state index contributed by atoms with van der Waals surface area (Å²) in [6.45, 7) is 2.22. The Morgan fingerprint density at radius 1 is 1.08 bits per heavy atom. The number of ketones is 1. The van der Waals surface area contributed by atoms with Crippen molar-refractivity contribution in [2.45, 2.75) is 108 Å². The molecule has 0 bridgehead atoms. The third kappa shape index (κ3) is 5.80. The number of hydrogen-bond donors (Lipinski definition) is 3. The zero-order valence-corrected chi connectivity index (χ0v) is 15.4. The van der Waals surface area contributed by atoms with Gasteiger partial charge in [0.2, 0.25) is 0 Å². The van der Waals surface area contributed by atoms with Gasteiger partial charge in [-0.2, -0.15) is 0 Å². The van der Waals surface area contributed by atoms with Gasteiger partial charge < -0.3 is 20.1 Å². The highest BCUT2D eigenvalue weighted by molar-refractivity contribution is 5.91. The molecule has 0 aromatic carbocycles. The molecule has 24 heavy (non-hydrogen) atoms. The number of carbonyl (C=O) groups is 1. The zero-order chi connectivity index (χ0) is 18.0. The highest BCUT2D eigenvalue weighted by Gasteiger charge is 2.57. The Hall–Kier alpha value is -0.490. The molecule has 0 spiro atoms. The molecule has 3 N–H and O–H groups in total. The maximum atomic E-state index is 11.9. The molecule has 1 aliphatic carbocycles. The second kappa shape index (κ2) is 11.2. The summed E-state index contributed by atoms with van der Waals surface area (Å²) in [6.07, 6.45) is 8.78. The van der Waals surface area contributed by atoms with Crippen molar-refractivity contribution in [1.82, 2.24) is 0 Å². The van der Waals surface area contributed by atoms with E-state index in [1.807, 2.05) is 0 Å². The number of methoxy groups -OCH3 is 1. The minimum absolute atomic E-state index is 0.0523. The predicted molar refractivity (Wildman–Crippen MR) is 93.8 cm³/mol. The van der Waals surface area contributed by atoms with Crippen LogP contribution in [-0.2, 0) is 9.53 Å². The molecule has 142 valence electrons. The Labute approximate surface area is 146 Å². The van der Waals surface area contributed by atoms with E-state index in [-0.39, 0.29) is 6.42 Å². The molecule has 0 heterocycles. The van der Waals surface area contributed by atoms with Crippen LogP contribution in [0.2, 0.25) is 0 Å². The van der Waals surface area contributed by atoms with Crippen LogP contribution in [0.1, 0.15) is 84.0 Å². The Kier molecular flexibility index (Phi) is 10.0. The van der Waals surface area contributed by atoms with Crippen molar-refractivity contribution in [1.29, 1.82) is 0 Å². The van der Waals surface area contributed by atoms with E-state index in [9.17, 15) is 20.1 Å². The summed E-state index contributed by atoms with van der Waals surface area (Å²) in [6, 6.07) is 0. The summed E-state index contributed by atoms with van der Waals surface area (Å²) in [7, 11) is 1.39. The highest BCUT2D eigenvalue weighted by Crippen LogP contribution is 2.33. The largest absolute Gasteiger partial charge is 0.390 e. The van der Waals surface area contributed by atoms with E-state index in [0.29, 0.717) is 6.42 Å². The second-order valence-corrected chi connectivity index (χ2v) is 7.16. The van der Waals surface area contributed by atoms with Crippen molar-refractivity contribution in [2.24, 2.45) is 0 Å². The molecule has 5 heteroatoms. The second-order valence-electron chi connectivity index (χ2n) is 7.16. The molecule has 1 aliphatic rings. The average molecular weight is 344 g/mol. The van der Waals surface area contributed by atoms with Crippen LogP contribution in [0.5, 0.6) is 0 Å². The van der Waals surface area contributed by atoms with E-state index >= 15 is 0 Å². The summed E-state index contributed by atoms with van der Waals surface area (Å²) >= 11 is 0. The molecule has 1 fully saturated rings. The maximum absolute atomic E-state index is 11.9. The minimum atomic E-state index is -2.07. The Balaban J connectivity index is 2.15. The van der Waals surface area contributed by atoms with Crippen LogP contribution in [0.15, 0.2) is 0 Å². The molecule has 1 rings (SSSR count). The van der Waals surface area contributed by atoms with Crippen LogP contribution in [0.4, 0.5) is 0 Å². The van der Waals surface area contributed by atoms with E-state index in [1.54, 1.807) is 0 Å². The molecule has 0 aliphatic heterocycles. The van der Waals surface area contributed by atoms with Crippen LogP contribution in [0, 0.1) is 0 Å². The summed E-state index contributed by atoms with van der Waals surface area (Å²) in [4.78, 5) is 11.9. The zero-order valence-electron chi connectivity index (χ0n) is 15.4. The Bertz CT molecular complexity index is 360. The van der Waals surface area contributed by atoms with E-state index in [0.717, 1.165) is 19.3 Å². The molecule has 1 saturated carbocycles. The lowest BCUT2D eigenvalue weighted by atomic mass is 9.88. The molecule has 5 nitrogen and oxygen atoms in total. The fourth-order valence-electron chi connectivity index (χ4n) is 3.55. The normalized spacial score (nSPS) is 28.5. The number of carbonyl (C=O) groups excluding carboxylic acids is 1. The first-order chi connectivity index (χ1) is 11.5. The average Bonchev–Trinajstić information content (AvgIpc) is 2.81. The molecular formula is C19H36O5. The number of aliphatic hydroxyl groups is 3. The number of rotatable bonds is 13. The van der Waals surface area contributed by atoms with Gasteiger partial charge in [-0.3, -0.25) is 4.79 Å². The van der Waals surface area contributed by atoms with Gasteiger partial charge in [0.25, 0.3) is 0 Å². The smallest absolute Gasteiger partial charge is 0.177 e. The van der Waals surface area contributed by atoms with Crippen LogP contribution in [-0.4, -0.2) is 52.1 Å². The standard InChI is InChI=1S/C19H36O5/c1-3-4-5-6-7-8-9-10-11-12-13-16(20)19(23)17(21)14-15(24-2)18(19)22/h15-16,18,20,22-23H,3-14H2,1-2H3/t15-,16+,18+,19+/m0/s1. The van der Waals surface area contributed by atoms with Crippen molar-refractivity contribution < 1.29 is 24.9 Å². The molecule has 0 amide bonds. The van der Waals surface area contributed by atoms with Gasteiger partial charge in [0, 0.05) is 13.5 Å². The van der Waals surface area contributed by atoms with E-state index in [4.69, 9.17) is 4.74 Å². The Morgan fingerprint density at radius 2 is 1.58 bits per heavy atom. The van der Waals surface area contributed by atoms with Crippen molar-refractivity contribution in [3.05, 3.63) is 0 Å². The molecule has 0 saturated heterocycles. The lowest BCUT2D eigenvalue weighted by molar-refractivity contribution is -0.168. The van der Waals surface area contributed by atoms with E-state index in [2.05, 4.69) is 6.92 Å². The third-order valence-corrected chi connectivity index (χ3v) is 5.28. The number of unbranched alkanes of at least 4 members (excludes halogenated alkanes) is 9. The lowest BCUT2D eigenvalue weighted by Gasteiger charge is -2.31. The van der Waals surface area contributed by atoms with Gasteiger partial charge in [0.15, 0.2) is 11.4 Å². The van der Waals surface area contributed by atoms with Crippen LogP contribution in [0.25, 0.3) is 0 Å². The molecule has 4 atom stereocenters. The molecule has 0 radical (unpaired) electrons. The summed E-state index contributed by atoms with van der Waals surface area (Å²) < 4.78 is 5.00. The van der Waals surface area contributed by atoms with Crippen LogP contribution < -0.4 is 0 Å². The quantitative estimate of drug-likeness (QED) is 0.447. The van der Waals surface area contributed by atoms with Crippen molar-refractivity contribution >= 4 is 5.78 Å². The van der Waals surface area contributed by atoms with Crippen molar-refractivity contribution in [2.75, 3.05) is 7.11 Å². The van der Waals surface area contributed by atoms with E-state index < -0.39 is 29.7 Å². The first-order valence-corrected chi connectivity index (χ1v) is 9.63. The van der Waals surface area contributed by atoms with Gasteiger partial charge in [-0.25, -0.2) is 0 Å². The monoisotopic (exact) mass is 344 g/mol. The Morgan fingerprint density at radius 3 is 2.04 bits per heavy atom. The fourth-order valence-corrected chi connectivity index (χ4v) is 3.55. The topological polar surface area (TPSA) is 87.0 Å². The SMILES string of the molecule is CCCCCCCCCCCC[C@@H](O)[C@@]1(O)C(=O)C[C@H](OC)[C@H]1O. The predicted octanol–water partition coefficient (Wildman–Crippen LogP) is 2.74. The first kappa shape index (κ1) is 21.6. The van der Waals surface area contributed by atoms with Crippen molar-refractivity contribution in [3.63, 3.8) is 0 Å². The van der Waals surface area contributed by atoms with Crippen molar-refractivity contribution in [3.8, 4) is 0 Å². The summed E-state index contributed by atoms with van der Waals surface area (Å²) in [5.74, 6) is -0.526. The van der Waals surface area contributed by atoms with Gasteiger partial charge in [0.1, 0.15) is 6.10 Å². The van der Waals surface area contributed by atoms with Gasteiger partial charge in [0.05, 0.1) is 12.2 Å². The van der Waals surface area contributed by atoms with E-state index in [1.165, 1.54) is 52.1 Å². The number of ether oxygens (including phenoxy) is 1. The fraction of sp³-hybridized carbons (Fsp3) is 0.947. The maximum Gasteiger partial charge on any atom is 0.177 e. The summed E-state index contributed by atoms with van der Waals surface area (Å²) in [5.41, 5.74) is -2.07. The highest BCUT2D eigenvalue weighted by atomic mass is 16.5. The third-order valence-electron chi connectivity index (χ3n) is 5.28. The van der Waals surface area contributed by atoms with Gasteiger partial charge in [-0.15, -0.1) is 0 Å². The lowest BCUT2D eigenvalue weighted by Crippen LogP contribution is -2.55. The molecular weight excluding hydrogens is 308 g/mol. The molecule has 0 aromatic heterocycles. The first-order valence-electron chi connectivity index (χ1n) is 9.63. The number of Topliss-reactive ketones (excluding diaryl/α,β-unsaturated/α-hetero) is 1. The van der Waals surface area contributed by atoms with Crippen LogP contribution in [0.3, 0.4) is 0 Å². The minimum Gasteiger partial charge on any atom is -0.390 e.